The van der Waals surface area contributed by atoms with Crippen LogP contribution in [0, 0.1) is 6.92 Å². The predicted octanol–water partition coefficient (Wildman–Crippen LogP) is 3.66. The summed E-state index contributed by atoms with van der Waals surface area (Å²) < 4.78 is 7.50. The Morgan fingerprint density at radius 1 is 0.950 bits per heavy atom. The van der Waals surface area contributed by atoms with Crippen molar-refractivity contribution in [2.24, 2.45) is 5.10 Å². The van der Waals surface area contributed by atoms with E-state index in [0.29, 0.717) is 19.0 Å². The van der Waals surface area contributed by atoms with Crippen LogP contribution in [-0.4, -0.2) is 84.1 Å². The second kappa shape index (κ2) is 11.4. The van der Waals surface area contributed by atoms with Crippen molar-refractivity contribution >= 4 is 35.1 Å². The molecule has 2 aliphatic heterocycles. The Morgan fingerprint density at radius 2 is 1.73 bits per heavy atom. The van der Waals surface area contributed by atoms with Crippen molar-refractivity contribution in [3.05, 3.63) is 71.8 Å². The van der Waals surface area contributed by atoms with Gasteiger partial charge in [-0.15, -0.1) is 0 Å². The van der Waals surface area contributed by atoms with Crippen molar-refractivity contribution in [1.82, 2.24) is 19.5 Å². The third kappa shape index (κ3) is 5.62. The van der Waals surface area contributed by atoms with E-state index in [-0.39, 0.29) is 5.91 Å². The molecule has 0 radical (unpaired) electrons. The summed E-state index contributed by atoms with van der Waals surface area (Å²) in [6.07, 6.45) is 1.80. The number of carbonyl (C=O) groups is 1. The van der Waals surface area contributed by atoms with Crippen molar-refractivity contribution in [3.63, 3.8) is 0 Å². The van der Waals surface area contributed by atoms with Crippen LogP contribution in [0.4, 0.5) is 17.3 Å². The number of aromatic nitrogens is 3. The maximum atomic E-state index is 11.7. The SMILES string of the molecule is CC(=O)N1CCN(c2ccc(-c3cc4nc(N/N=C/c5cccc(C)c5)cc(N5CCOCC5)n4n3)cc2)CC1. The molecule has 4 aromatic rings. The summed E-state index contributed by atoms with van der Waals surface area (Å²) in [5.74, 6) is 1.75. The molecule has 206 valence electrons. The third-order valence-corrected chi connectivity index (χ3v) is 7.43. The molecule has 2 saturated heterocycles. The Hall–Kier alpha value is -4.44. The van der Waals surface area contributed by atoms with Gasteiger partial charge in [-0.25, -0.2) is 4.98 Å². The van der Waals surface area contributed by atoms with Gasteiger partial charge in [0.2, 0.25) is 5.91 Å². The van der Waals surface area contributed by atoms with E-state index in [1.54, 1.807) is 13.1 Å². The Balaban J connectivity index is 1.26. The number of benzene rings is 2. The molecule has 10 nitrogen and oxygen atoms in total. The summed E-state index contributed by atoms with van der Waals surface area (Å²) in [6, 6.07) is 20.7. The van der Waals surface area contributed by atoms with E-state index in [1.165, 1.54) is 5.56 Å². The van der Waals surface area contributed by atoms with Crippen LogP contribution in [-0.2, 0) is 9.53 Å². The zero-order valence-electron chi connectivity index (χ0n) is 23.0. The maximum Gasteiger partial charge on any atom is 0.219 e. The Labute approximate surface area is 233 Å². The standard InChI is InChI=1S/C30H34N8O2/c1-22-4-3-5-24(18-22)21-31-33-28-20-30(37-14-16-40-17-15-37)38-29(32-28)19-27(34-38)25-6-8-26(9-7-25)36-12-10-35(11-13-36)23(2)39/h3-9,18-21H,10-17H2,1-2H3,(H,32,33)/b31-21+. The number of fused-ring (bicyclic) bond motifs is 1. The zero-order chi connectivity index (χ0) is 27.5. The van der Waals surface area contributed by atoms with Gasteiger partial charge in [0.15, 0.2) is 11.5 Å². The minimum atomic E-state index is 0.142. The van der Waals surface area contributed by atoms with Gasteiger partial charge >= 0.3 is 0 Å². The maximum absolute atomic E-state index is 11.7. The first kappa shape index (κ1) is 25.8. The van der Waals surface area contributed by atoms with Crippen LogP contribution < -0.4 is 15.2 Å². The van der Waals surface area contributed by atoms with Gasteiger partial charge in [-0.3, -0.25) is 10.2 Å². The minimum absolute atomic E-state index is 0.142. The van der Waals surface area contributed by atoms with Gasteiger partial charge in [-0.05, 0) is 24.6 Å². The van der Waals surface area contributed by atoms with E-state index < -0.39 is 0 Å². The highest BCUT2D eigenvalue weighted by Crippen LogP contribution is 2.28. The van der Waals surface area contributed by atoms with E-state index in [2.05, 4.69) is 63.6 Å². The number of ether oxygens (including phenoxy) is 1. The molecule has 10 heteroatoms. The lowest BCUT2D eigenvalue weighted by Gasteiger charge is -2.35. The molecule has 0 atom stereocenters. The molecular formula is C30H34N8O2. The molecule has 2 aromatic carbocycles. The number of carbonyl (C=O) groups excluding carboxylic acids is 1. The predicted molar refractivity (Wildman–Crippen MR) is 158 cm³/mol. The van der Waals surface area contributed by atoms with Crippen LogP contribution in [0.3, 0.4) is 0 Å². The summed E-state index contributed by atoms with van der Waals surface area (Å²) in [5.41, 5.74) is 9.11. The van der Waals surface area contributed by atoms with Crippen molar-refractivity contribution in [2.75, 3.05) is 67.7 Å². The highest BCUT2D eigenvalue weighted by atomic mass is 16.5. The first-order valence-electron chi connectivity index (χ1n) is 13.7. The first-order valence-corrected chi connectivity index (χ1v) is 13.7. The van der Waals surface area contributed by atoms with Crippen LogP contribution in [0.25, 0.3) is 16.9 Å². The van der Waals surface area contributed by atoms with E-state index in [9.17, 15) is 4.79 Å². The topological polar surface area (TPSA) is 90.6 Å². The number of hydrogen-bond donors (Lipinski definition) is 1. The molecule has 40 heavy (non-hydrogen) atoms. The summed E-state index contributed by atoms with van der Waals surface area (Å²) in [5, 5.41) is 9.40. The van der Waals surface area contributed by atoms with Crippen LogP contribution >= 0.6 is 0 Å². The average Bonchev–Trinajstić information content (AvgIpc) is 3.42. The number of rotatable bonds is 6. The number of piperazine rings is 1. The largest absolute Gasteiger partial charge is 0.378 e. The average molecular weight is 539 g/mol. The number of anilines is 3. The molecule has 0 bridgehead atoms. The number of nitrogens with one attached hydrogen (secondary N) is 1. The number of hydrogen-bond acceptors (Lipinski definition) is 8. The second-order valence-electron chi connectivity index (χ2n) is 10.2. The second-order valence-corrected chi connectivity index (χ2v) is 10.2. The molecule has 2 aromatic heterocycles. The van der Waals surface area contributed by atoms with Crippen molar-refractivity contribution in [2.45, 2.75) is 13.8 Å². The molecule has 2 fully saturated rings. The molecular weight excluding hydrogens is 504 g/mol. The quantitative estimate of drug-likeness (QED) is 0.296. The van der Waals surface area contributed by atoms with E-state index in [1.807, 2.05) is 33.7 Å². The Bertz CT molecular complexity index is 1520. The molecule has 0 unspecified atom stereocenters. The fourth-order valence-electron chi connectivity index (χ4n) is 5.22. The van der Waals surface area contributed by atoms with Crippen LogP contribution in [0.1, 0.15) is 18.1 Å². The summed E-state index contributed by atoms with van der Waals surface area (Å²) in [6.45, 7) is 9.80. The van der Waals surface area contributed by atoms with Crippen LogP contribution in [0.15, 0.2) is 65.8 Å². The van der Waals surface area contributed by atoms with Crippen molar-refractivity contribution in [3.8, 4) is 11.3 Å². The molecule has 1 N–H and O–H groups in total. The van der Waals surface area contributed by atoms with E-state index in [0.717, 1.165) is 73.2 Å². The number of amides is 1. The highest BCUT2D eigenvalue weighted by Gasteiger charge is 2.20. The molecule has 6 rings (SSSR count). The van der Waals surface area contributed by atoms with Gasteiger partial charge < -0.3 is 19.4 Å². The van der Waals surface area contributed by atoms with Crippen LogP contribution in [0.5, 0.6) is 0 Å². The van der Waals surface area contributed by atoms with Crippen LogP contribution in [0.2, 0.25) is 0 Å². The van der Waals surface area contributed by atoms with Gasteiger partial charge in [-0.2, -0.15) is 14.7 Å². The summed E-state index contributed by atoms with van der Waals surface area (Å²) in [4.78, 5) is 23.0. The third-order valence-electron chi connectivity index (χ3n) is 7.43. The number of aryl methyl sites for hydroxylation is 1. The normalized spacial score (nSPS) is 16.2. The number of morpholine rings is 1. The van der Waals surface area contributed by atoms with Crippen molar-refractivity contribution in [1.29, 1.82) is 0 Å². The molecule has 0 aliphatic carbocycles. The fraction of sp³-hybridized carbons (Fsp3) is 0.333. The number of nitrogens with zero attached hydrogens (tertiary/aromatic N) is 7. The molecule has 0 spiro atoms. The van der Waals surface area contributed by atoms with Gasteiger partial charge in [0.25, 0.3) is 0 Å². The highest BCUT2D eigenvalue weighted by molar-refractivity contribution is 5.80. The lowest BCUT2D eigenvalue weighted by molar-refractivity contribution is -0.129. The molecule has 4 heterocycles. The lowest BCUT2D eigenvalue weighted by Crippen LogP contribution is -2.48. The minimum Gasteiger partial charge on any atom is -0.378 e. The smallest absolute Gasteiger partial charge is 0.219 e. The van der Waals surface area contributed by atoms with Crippen molar-refractivity contribution < 1.29 is 9.53 Å². The summed E-state index contributed by atoms with van der Waals surface area (Å²) >= 11 is 0. The van der Waals surface area contributed by atoms with Gasteiger partial charge in [0, 0.05) is 69.6 Å². The lowest BCUT2D eigenvalue weighted by atomic mass is 10.1. The van der Waals surface area contributed by atoms with Gasteiger partial charge in [0.05, 0.1) is 25.1 Å². The Morgan fingerprint density at radius 3 is 2.45 bits per heavy atom. The summed E-state index contributed by atoms with van der Waals surface area (Å²) in [7, 11) is 0. The van der Waals surface area contributed by atoms with Gasteiger partial charge in [0.1, 0.15) is 5.82 Å². The van der Waals surface area contributed by atoms with Gasteiger partial charge in [-0.1, -0.05) is 42.0 Å². The first-order chi connectivity index (χ1) is 19.5. The Kier molecular flexibility index (Phi) is 7.33. The zero-order valence-corrected chi connectivity index (χ0v) is 23.0. The molecule has 2 aliphatic rings. The number of hydrazone groups is 1. The fourth-order valence-corrected chi connectivity index (χ4v) is 5.22. The van der Waals surface area contributed by atoms with E-state index in [4.69, 9.17) is 14.8 Å². The molecule has 1 amide bonds. The molecule has 0 saturated carbocycles. The monoisotopic (exact) mass is 538 g/mol. The van der Waals surface area contributed by atoms with E-state index >= 15 is 0 Å².